The van der Waals surface area contributed by atoms with E-state index >= 15 is 0 Å². The second-order valence-corrected chi connectivity index (χ2v) is 2.37. The van der Waals surface area contributed by atoms with Crippen molar-refractivity contribution in [2.45, 2.75) is 26.8 Å². The van der Waals surface area contributed by atoms with Crippen LogP contribution in [0.5, 0.6) is 0 Å². The van der Waals surface area contributed by atoms with Crippen molar-refractivity contribution in [1.29, 1.82) is 0 Å². The van der Waals surface area contributed by atoms with Crippen LogP contribution in [0, 0.1) is 0 Å². The maximum Gasteiger partial charge on any atom is 0.170 e. The molecule has 0 aliphatic heterocycles. The van der Waals surface area contributed by atoms with Crippen molar-refractivity contribution in [2.24, 2.45) is 10.1 Å². The zero-order chi connectivity index (χ0) is 8.85. The van der Waals surface area contributed by atoms with Crippen LogP contribution in [0.1, 0.15) is 20.8 Å². The van der Waals surface area contributed by atoms with Gasteiger partial charge in [0, 0.05) is 6.04 Å². The Morgan fingerprint density at radius 2 is 2.00 bits per heavy atom. The molecule has 0 amide bonds. The summed E-state index contributed by atoms with van der Waals surface area (Å²) in [7, 11) is 0. The molecule has 11 heavy (non-hydrogen) atoms. The minimum Gasteiger partial charge on any atom is -0.411 e. The first-order valence-electron chi connectivity index (χ1n) is 3.28. The summed E-state index contributed by atoms with van der Waals surface area (Å²) in [5, 5.41) is 19.7. The summed E-state index contributed by atoms with van der Waals surface area (Å²) in [6, 6.07) is 0.0429. The number of aliphatic imine (C=N–C) groups is 1. The van der Waals surface area contributed by atoms with Crippen LogP contribution >= 0.6 is 0 Å². The molecule has 0 aromatic rings. The maximum atomic E-state index is 8.50. The number of hydrogen-bond acceptors (Lipinski definition) is 4. The van der Waals surface area contributed by atoms with E-state index in [1.165, 1.54) is 6.92 Å². The van der Waals surface area contributed by atoms with Gasteiger partial charge >= 0.3 is 0 Å². The Labute approximate surface area is 65.4 Å². The molecule has 5 heteroatoms. The number of hydrogen-bond donors (Lipinski definition) is 3. The summed E-state index contributed by atoms with van der Waals surface area (Å²) >= 11 is 0. The number of rotatable bonds is 2. The van der Waals surface area contributed by atoms with Crippen LogP contribution in [-0.4, -0.2) is 28.0 Å². The highest BCUT2D eigenvalue weighted by Gasteiger charge is 2.02. The van der Waals surface area contributed by atoms with E-state index in [1.54, 1.807) is 0 Å². The molecule has 0 fully saturated rings. The van der Waals surface area contributed by atoms with E-state index in [9.17, 15) is 0 Å². The molecule has 5 nitrogen and oxygen atoms in total. The van der Waals surface area contributed by atoms with Gasteiger partial charge in [-0.25, -0.2) is 0 Å². The Balaban J connectivity index is 4.40. The van der Waals surface area contributed by atoms with Crippen LogP contribution in [0.2, 0.25) is 0 Å². The molecule has 0 radical (unpaired) electrons. The Bertz CT molecular complexity index is 175. The van der Waals surface area contributed by atoms with Gasteiger partial charge < -0.3 is 5.21 Å². The average molecular weight is 159 g/mol. The fraction of sp³-hybridized carbons (Fsp3) is 0.667. The van der Waals surface area contributed by atoms with E-state index in [2.05, 4.69) is 10.1 Å². The lowest BCUT2D eigenvalue weighted by Crippen LogP contribution is -2.27. The summed E-state index contributed by atoms with van der Waals surface area (Å²) < 4.78 is 0. The molecule has 0 aliphatic carbocycles. The van der Waals surface area contributed by atoms with Crippen LogP contribution in [0.4, 0.5) is 0 Å². The summed E-state index contributed by atoms with van der Waals surface area (Å²) in [6.45, 7) is 5.23. The molecule has 0 saturated heterocycles. The first-order valence-corrected chi connectivity index (χ1v) is 3.28. The quantitative estimate of drug-likeness (QED) is 0.239. The third-order valence-electron chi connectivity index (χ3n) is 0.986. The fourth-order valence-corrected chi connectivity index (χ4v) is 0.509. The average Bonchev–Trinajstić information content (AvgIpc) is 1.98. The number of hydroxylamine groups is 1. The molecular formula is C6H13N3O2. The molecule has 3 N–H and O–H groups in total. The predicted molar refractivity (Wildman–Crippen MR) is 42.4 cm³/mol. The maximum absolute atomic E-state index is 8.50. The topological polar surface area (TPSA) is 77.2 Å². The van der Waals surface area contributed by atoms with E-state index in [-0.39, 0.29) is 17.6 Å². The summed E-state index contributed by atoms with van der Waals surface area (Å²) in [5.41, 5.74) is 2.09. The molecule has 0 aliphatic rings. The molecule has 0 saturated carbocycles. The van der Waals surface area contributed by atoms with Gasteiger partial charge in [0.05, 0.1) is 0 Å². The second kappa shape index (κ2) is 4.68. The van der Waals surface area contributed by atoms with Crippen molar-refractivity contribution >= 4 is 11.5 Å². The van der Waals surface area contributed by atoms with Gasteiger partial charge in [-0.05, 0) is 20.8 Å². The van der Waals surface area contributed by atoms with Crippen molar-refractivity contribution < 1.29 is 10.4 Å². The van der Waals surface area contributed by atoms with Crippen molar-refractivity contribution in [3.05, 3.63) is 0 Å². The van der Waals surface area contributed by atoms with Gasteiger partial charge in [0.25, 0.3) is 0 Å². The van der Waals surface area contributed by atoms with Crippen LogP contribution in [0.15, 0.2) is 10.1 Å². The van der Waals surface area contributed by atoms with Gasteiger partial charge in [-0.2, -0.15) is 0 Å². The van der Waals surface area contributed by atoms with Gasteiger partial charge in [0.2, 0.25) is 0 Å². The lowest BCUT2D eigenvalue weighted by atomic mass is 10.3. The molecule has 0 unspecified atom stereocenters. The van der Waals surface area contributed by atoms with E-state index in [1.807, 2.05) is 19.3 Å². The molecule has 64 valence electrons. The number of amidine groups is 1. The van der Waals surface area contributed by atoms with Crippen molar-refractivity contribution in [3.63, 3.8) is 0 Å². The summed E-state index contributed by atoms with van der Waals surface area (Å²) in [6.07, 6.45) is 0. The lowest BCUT2D eigenvalue weighted by molar-refractivity contribution is 0.235. The van der Waals surface area contributed by atoms with Gasteiger partial charge in [-0.1, -0.05) is 5.16 Å². The molecule has 0 aromatic carbocycles. The van der Waals surface area contributed by atoms with Gasteiger partial charge in [0.15, 0.2) is 5.84 Å². The third kappa shape index (κ3) is 3.57. The molecular weight excluding hydrogens is 146 g/mol. The molecule has 0 spiro atoms. The smallest absolute Gasteiger partial charge is 0.170 e. The molecule has 0 bridgehead atoms. The highest BCUT2D eigenvalue weighted by Crippen LogP contribution is 1.88. The monoisotopic (exact) mass is 159 g/mol. The van der Waals surface area contributed by atoms with E-state index < -0.39 is 0 Å². The van der Waals surface area contributed by atoms with Gasteiger partial charge in [0.1, 0.15) is 5.71 Å². The van der Waals surface area contributed by atoms with Gasteiger partial charge in [-0.3, -0.25) is 15.7 Å². The standard InChI is InChI=1S/C6H13N3O2/c1-4(2)7-6(9-11)5(3)8-10/h4,10-11H,1-3H3,(H,7,9)/b8-5+. The zero-order valence-electron chi connectivity index (χ0n) is 6.87. The van der Waals surface area contributed by atoms with Crippen LogP contribution in [0.3, 0.4) is 0 Å². The second-order valence-electron chi connectivity index (χ2n) is 2.37. The Kier molecular flexibility index (Phi) is 4.21. The number of nitrogens with zero attached hydrogens (tertiary/aromatic N) is 2. The van der Waals surface area contributed by atoms with Gasteiger partial charge in [-0.15, -0.1) is 0 Å². The number of nitrogens with one attached hydrogen (secondary N) is 1. The van der Waals surface area contributed by atoms with E-state index in [4.69, 9.17) is 10.4 Å². The lowest BCUT2D eigenvalue weighted by Gasteiger charge is -2.03. The van der Waals surface area contributed by atoms with E-state index in [0.717, 1.165) is 0 Å². The minimum atomic E-state index is 0.0429. The SMILES string of the molecule is C/C(=N\O)C(=NC(C)C)NO. The van der Waals surface area contributed by atoms with E-state index in [0.29, 0.717) is 0 Å². The first-order chi connectivity index (χ1) is 5.11. The highest BCUT2D eigenvalue weighted by atomic mass is 16.5. The normalized spacial score (nSPS) is 13.9. The van der Waals surface area contributed by atoms with Crippen LogP contribution < -0.4 is 5.48 Å². The van der Waals surface area contributed by atoms with Crippen LogP contribution in [0.25, 0.3) is 0 Å². The summed E-state index contributed by atoms with van der Waals surface area (Å²) in [5.74, 6) is 0.183. The van der Waals surface area contributed by atoms with Crippen molar-refractivity contribution in [2.75, 3.05) is 0 Å². The summed E-state index contributed by atoms with van der Waals surface area (Å²) in [4.78, 5) is 3.93. The van der Waals surface area contributed by atoms with Crippen molar-refractivity contribution in [3.8, 4) is 0 Å². The van der Waals surface area contributed by atoms with Crippen LogP contribution in [-0.2, 0) is 0 Å². The highest BCUT2D eigenvalue weighted by molar-refractivity contribution is 6.40. The Morgan fingerprint density at radius 3 is 2.27 bits per heavy atom. The third-order valence-corrected chi connectivity index (χ3v) is 0.986. The zero-order valence-corrected chi connectivity index (χ0v) is 6.87. The first kappa shape index (κ1) is 9.90. The van der Waals surface area contributed by atoms with Crippen molar-refractivity contribution in [1.82, 2.24) is 5.48 Å². The Morgan fingerprint density at radius 1 is 1.45 bits per heavy atom. The molecule has 0 rings (SSSR count). The fourth-order valence-electron chi connectivity index (χ4n) is 0.509. The molecule has 0 aromatic heterocycles. The largest absolute Gasteiger partial charge is 0.411 e. The molecule has 0 heterocycles. The predicted octanol–water partition coefficient (Wildman–Crippen LogP) is 0.622. The minimum absolute atomic E-state index is 0.0429. The number of oxime groups is 1. The Hall–Kier alpha value is -1.10. The molecule has 0 atom stereocenters.